The van der Waals surface area contributed by atoms with Crippen molar-refractivity contribution in [1.29, 1.82) is 0 Å². The highest BCUT2D eigenvalue weighted by molar-refractivity contribution is 6.30. The van der Waals surface area contributed by atoms with Gasteiger partial charge in [-0.3, -0.25) is 9.36 Å². The number of halogens is 2. The van der Waals surface area contributed by atoms with Gasteiger partial charge in [-0.1, -0.05) is 34.5 Å². The number of nitrogens with zero attached hydrogens (tertiary/aromatic N) is 6. The molecular formula is C21H14ClFN6O2. The van der Waals surface area contributed by atoms with Gasteiger partial charge in [-0.2, -0.15) is 10.1 Å². The molecule has 0 radical (unpaired) electrons. The zero-order valence-electron chi connectivity index (χ0n) is 16.2. The van der Waals surface area contributed by atoms with Gasteiger partial charge in [-0.15, -0.1) is 0 Å². The molecule has 0 unspecified atom stereocenters. The predicted octanol–water partition coefficient (Wildman–Crippen LogP) is 3.78. The van der Waals surface area contributed by atoms with Crippen molar-refractivity contribution in [2.75, 3.05) is 0 Å². The van der Waals surface area contributed by atoms with Crippen LogP contribution in [-0.4, -0.2) is 29.5 Å². The number of aryl methyl sites for hydroxylation is 1. The minimum Gasteiger partial charge on any atom is -0.337 e. The minimum absolute atomic E-state index is 0.00424. The van der Waals surface area contributed by atoms with E-state index < -0.39 is 5.82 Å². The van der Waals surface area contributed by atoms with E-state index in [2.05, 4.69) is 20.2 Å². The highest BCUT2D eigenvalue weighted by Gasteiger charge is 2.15. The molecule has 8 nitrogen and oxygen atoms in total. The average Bonchev–Trinajstić information content (AvgIpc) is 3.40. The van der Waals surface area contributed by atoms with Crippen LogP contribution >= 0.6 is 11.6 Å². The van der Waals surface area contributed by atoms with Crippen molar-refractivity contribution in [3.05, 3.63) is 87.6 Å². The molecule has 0 saturated carbocycles. The first-order chi connectivity index (χ1) is 15.0. The maximum absolute atomic E-state index is 13.7. The molecule has 0 N–H and O–H groups in total. The Bertz CT molecular complexity index is 1470. The van der Waals surface area contributed by atoms with Crippen molar-refractivity contribution in [2.24, 2.45) is 0 Å². The van der Waals surface area contributed by atoms with E-state index in [4.69, 9.17) is 16.1 Å². The third-order valence-corrected chi connectivity index (χ3v) is 5.09. The van der Waals surface area contributed by atoms with E-state index in [0.29, 0.717) is 16.6 Å². The van der Waals surface area contributed by atoms with Gasteiger partial charge in [0.1, 0.15) is 24.1 Å². The zero-order valence-corrected chi connectivity index (χ0v) is 16.9. The Morgan fingerprint density at radius 1 is 1.16 bits per heavy atom. The van der Waals surface area contributed by atoms with Gasteiger partial charge in [0.05, 0.1) is 16.9 Å². The van der Waals surface area contributed by atoms with Crippen LogP contribution in [0.25, 0.3) is 28.1 Å². The first kappa shape index (κ1) is 19.1. The van der Waals surface area contributed by atoms with Gasteiger partial charge in [0.2, 0.25) is 11.7 Å². The quantitative estimate of drug-likeness (QED) is 0.425. The number of rotatable bonds is 4. The molecule has 0 aliphatic carbocycles. The summed E-state index contributed by atoms with van der Waals surface area (Å²) in [6.45, 7) is 2.01. The van der Waals surface area contributed by atoms with Gasteiger partial charge in [0.25, 0.3) is 5.56 Å². The number of fused-ring (bicyclic) bond motifs is 1. The Labute approximate surface area is 179 Å². The summed E-state index contributed by atoms with van der Waals surface area (Å²) in [5.41, 5.74) is 2.50. The Morgan fingerprint density at radius 3 is 2.74 bits per heavy atom. The molecule has 5 rings (SSSR count). The SMILES string of the molecule is Cc1ccc(-n2ncc3c(=O)n(Cc4nc(-c5ccc(Cl)c(F)c5)no4)cnc32)cc1. The van der Waals surface area contributed by atoms with E-state index in [0.717, 1.165) is 11.3 Å². The van der Waals surface area contributed by atoms with Crippen molar-refractivity contribution in [3.8, 4) is 17.1 Å². The van der Waals surface area contributed by atoms with Crippen LogP contribution in [0.5, 0.6) is 0 Å². The molecule has 0 atom stereocenters. The Balaban J connectivity index is 1.46. The van der Waals surface area contributed by atoms with Crippen LogP contribution in [0.4, 0.5) is 4.39 Å². The highest BCUT2D eigenvalue weighted by Crippen LogP contribution is 2.22. The van der Waals surface area contributed by atoms with Crippen LogP contribution in [0.3, 0.4) is 0 Å². The van der Waals surface area contributed by atoms with Crippen LogP contribution in [0.15, 0.2) is 64.3 Å². The summed E-state index contributed by atoms with van der Waals surface area (Å²) in [4.78, 5) is 21.5. The van der Waals surface area contributed by atoms with Gasteiger partial charge >= 0.3 is 0 Å². The molecule has 3 heterocycles. The fourth-order valence-corrected chi connectivity index (χ4v) is 3.27. The van der Waals surface area contributed by atoms with E-state index in [1.54, 1.807) is 10.7 Å². The van der Waals surface area contributed by atoms with Gasteiger partial charge in [0, 0.05) is 5.56 Å². The maximum Gasteiger partial charge on any atom is 0.264 e. The third-order valence-electron chi connectivity index (χ3n) is 4.78. The molecule has 5 aromatic rings. The van der Waals surface area contributed by atoms with Crippen LogP contribution < -0.4 is 5.56 Å². The van der Waals surface area contributed by atoms with Gasteiger partial charge < -0.3 is 4.52 Å². The van der Waals surface area contributed by atoms with Gasteiger partial charge in [0.15, 0.2) is 5.65 Å². The van der Waals surface area contributed by atoms with Crippen molar-refractivity contribution in [2.45, 2.75) is 13.5 Å². The Morgan fingerprint density at radius 2 is 1.97 bits per heavy atom. The molecule has 31 heavy (non-hydrogen) atoms. The van der Waals surface area contributed by atoms with Crippen molar-refractivity contribution >= 4 is 22.6 Å². The normalized spacial score (nSPS) is 11.3. The van der Waals surface area contributed by atoms with Crippen LogP contribution in [0.2, 0.25) is 5.02 Å². The lowest BCUT2D eigenvalue weighted by Crippen LogP contribution is -2.21. The fourth-order valence-electron chi connectivity index (χ4n) is 3.15. The molecule has 0 spiro atoms. The van der Waals surface area contributed by atoms with Crippen LogP contribution in [0, 0.1) is 12.7 Å². The first-order valence-electron chi connectivity index (χ1n) is 9.28. The lowest BCUT2D eigenvalue weighted by Gasteiger charge is -2.05. The molecule has 3 aromatic heterocycles. The van der Waals surface area contributed by atoms with E-state index in [1.165, 1.54) is 29.2 Å². The molecule has 0 aliphatic heterocycles. The molecule has 0 bridgehead atoms. The fraction of sp³-hybridized carbons (Fsp3) is 0.0952. The maximum atomic E-state index is 13.7. The molecule has 2 aromatic carbocycles. The molecule has 0 amide bonds. The van der Waals surface area contributed by atoms with E-state index in [1.807, 2.05) is 31.2 Å². The highest BCUT2D eigenvalue weighted by atomic mass is 35.5. The summed E-state index contributed by atoms with van der Waals surface area (Å²) in [6, 6.07) is 12.0. The third kappa shape index (κ3) is 3.49. The number of benzene rings is 2. The standard InChI is InChI=1S/C21H14ClFN6O2/c1-12-2-5-14(6-3-12)29-20-15(9-25-29)21(30)28(11-24-20)10-18-26-19(27-31-18)13-4-7-16(22)17(23)8-13/h2-9,11H,10H2,1H3. The van der Waals surface area contributed by atoms with Crippen LogP contribution in [-0.2, 0) is 6.54 Å². The van der Waals surface area contributed by atoms with E-state index in [9.17, 15) is 9.18 Å². The second kappa shape index (κ2) is 7.44. The average molecular weight is 437 g/mol. The molecule has 0 aliphatic rings. The van der Waals surface area contributed by atoms with Gasteiger partial charge in [-0.25, -0.2) is 14.1 Å². The minimum atomic E-state index is -0.582. The van der Waals surface area contributed by atoms with E-state index in [-0.39, 0.29) is 28.8 Å². The number of hydrogen-bond donors (Lipinski definition) is 0. The predicted molar refractivity (Wildman–Crippen MR) is 112 cm³/mol. The summed E-state index contributed by atoms with van der Waals surface area (Å²) in [7, 11) is 0. The molecule has 154 valence electrons. The largest absolute Gasteiger partial charge is 0.337 e. The second-order valence-corrected chi connectivity index (χ2v) is 7.35. The Hall–Kier alpha value is -3.85. The van der Waals surface area contributed by atoms with Crippen LogP contribution in [0.1, 0.15) is 11.5 Å². The summed E-state index contributed by atoms with van der Waals surface area (Å²) in [5, 5.41) is 8.52. The molecular weight excluding hydrogens is 423 g/mol. The summed E-state index contributed by atoms with van der Waals surface area (Å²) < 4.78 is 21.9. The molecule has 0 saturated heterocycles. The monoisotopic (exact) mass is 436 g/mol. The molecule has 0 fully saturated rings. The van der Waals surface area contributed by atoms with Gasteiger partial charge in [-0.05, 0) is 37.3 Å². The zero-order chi connectivity index (χ0) is 21.5. The summed E-state index contributed by atoms with van der Waals surface area (Å²) >= 11 is 5.70. The topological polar surface area (TPSA) is 91.6 Å². The lowest BCUT2D eigenvalue weighted by atomic mass is 10.2. The number of hydrogen-bond acceptors (Lipinski definition) is 6. The lowest BCUT2D eigenvalue weighted by molar-refractivity contribution is 0.369. The molecule has 10 heteroatoms. The number of aromatic nitrogens is 6. The summed E-state index contributed by atoms with van der Waals surface area (Å²) in [5.74, 6) is -0.207. The van der Waals surface area contributed by atoms with Crippen molar-refractivity contribution in [1.82, 2.24) is 29.5 Å². The van der Waals surface area contributed by atoms with E-state index >= 15 is 0 Å². The van der Waals surface area contributed by atoms with Crippen molar-refractivity contribution < 1.29 is 8.91 Å². The first-order valence-corrected chi connectivity index (χ1v) is 9.65. The second-order valence-electron chi connectivity index (χ2n) is 6.95. The smallest absolute Gasteiger partial charge is 0.264 e. The Kier molecular flexibility index (Phi) is 4.59. The summed E-state index contributed by atoms with van der Waals surface area (Å²) in [6.07, 6.45) is 2.89. The van der Waals surface area contributed by atoms with Crippen molar-refractivity contribution in [3.63, 3.8) is 0 Å².